The lowest BCUT2D eigenvalue weighted by atomic mass is 10.1. The van der Waals surface area contributed by atoms with E-state index in [4.69, 9.17) is 4.74 Å². The summed E-state index contributed by atoms with van der Waals surface area (Å²) < 4.78 is 5.29. The summed E-state index contributed by atoms with van der Waals surface area (Å²) in [6.07, 6.45) is 0.447. The molecule has 2 rings (SSSR count). The lowest BCUT2D eigenvalue weighted by molar-refractivity contribution is 0.119. The average molecular weight is 334 g/mol. The highest BCUT2D eigenvalue weighted by atomic mass is 32.1. The van der Waals surface area contributed by atoms with E-state index < -0.39 is 0 Å². The van der Waals surface area contributed by atoms with Crippen molar-refractivity contribution in [3.05, 3.63) is 52.2 Å². The smallest absolute Gasteiger partial charge is 0.319 e. The maximum atomic E-state index is 12.2. The first-order valence-electron chi connectivity index (χ1n) is 7.48. The lowest BCUT2D eigenvalue weighted by Gasteiger charge is -2.17. The van der Waals surface area contributed by atoms with Crippen molar-refractivity contribution in [2.75, 3.05) is 19.0 Å². The van der Waals surface area contributed by atoms with Gasteiger partial charge in [-0.15, -0.1) is 11.3 Å². The second-order valence-corrected chi connectivity index (χ2v) is 6.16. The van der Waals surface area contributed by atoms with E-state index in [-0.39, 0.29) is 24.8 Å². The Morgan fingerprint density at radius 1 is 1.35 bits per heavy atom. The molecule has 0 radical (unpaired) electrons. The zero-order valence-electron chi connectivity index (χ0n) is 13.3. The first kappa shape index (κ1) is 17.5. The molecule has 2 amide bonds. The van der Waals surface area contributed by atoms with E-state index in [1.165, 1.54) is 0 Å². The van der Waals surface area contributed by atoms with Gasteiger partial charge in [-0.25, -0.2) is 4.79 Å². The zero-order chi connectivity index (χ0) is 16.7. The van der Waals surface area contributed by atoms with Crippen LogP contribution in [0.4, 0.5) is 10.5 Å². The molecule has 1 aromatic heterocycles. The summed E-state index contributed by atoms with van der Waals surface area (Å²) in [5, 5.41) is 16.9. The number of carbonyl (C=O) groups excluding carboxylic acids is 1. The van der Waals surface area contributed by atoms with Crippen LogP contribution in [0.1, 0.15) is 35.9 Å². The minimum absolute atomic E-state index is 0.0175. The number of amides is 2. The van der Waals surface area contributed by atoms with Gasteiger partial charge < -0.3 is 20.5 Å². The number of benzene rings is 1. The van der Waals surface area contributed by atoms with E-state index in [1.54, 1.807) is 18.4 Å². The van der Waals surface area contributed by atoms with Gasteiger partial charge in [0.25, 0.3) is 0 Å². The monoisotopic (exact) mass is 334 g/mol. The number of hydrogen-bond acceptors (Lipinski definition) is 4. The Morgan fingerprint density at radius 2 is 2.17 bits per heavy atom. The fourth-order valence-corrected chi connectivity index (χ4v) is 3.05. The molecule has 1 aromatic carbocycles. The van der Waals surface area contributed by atoms with Crippen molar-refractivity contribution in [1.82, 2.24) is 5.32 Å². The largest absolute Gasteiger partial charge is 0.396 e. The van der Waals surface area contributed by atoms with Gasteiger partial charge in [-0.3, -0.25) is 0 Å². The van der Waals surface area contributed by atoms with Gasteiger partial charge in [0.2, 0.25) is 0 Å². The van der Waals surface area contributed by atoms with Crippen LogP contribution in [0.2, 0.25) is 0 Å². The molecule has 0 fully saturated rings. The molecule has 0 aliphatic heterocycles. The van der Waals surface area contributed by atoms with Crippen LogP contribution in [0.3, 0.4) is 0 Å². The number of anilines is 1. The lowest BCUT2D eigenvalue weighted by Crippen LogP contribution is -2.32. The molecule has 0 aliphatic carbocycles. The number of hydrogen-bond donors (Lipinski definition) is 3. The third kappa shape index (κ3) is 5.06. The number of urea groups is 1. The normalized spacial score (nSPS) is 13.3. The number of aliphatic hydroxyl groups is 1. The van der Waals surface area contributed by atoms with E-state index in [0.29, 0.717) is 12.1 Å². The van der Waals surface area contributed by atoms with Crippen LogP contribution in [-0.4, -0.2) is 24.9 Å². The molecule has 0 saturated heterocycles. The summed E-state index contributed by atoms with van der Waals surface area (Å²) in [6.45, 7) is 1.97. The van der Waals surface area contributed by atoms with Crippen LogP contribution >= 0.6 is 11.3 Å². The highest BCUT2D eigenvalue weighted by Gasteiger charge is 2.15. The third-order valence-electron chi connectivity index (χ3n) is 3.58. The molecule has 124 valence electrons. The minimum atomic E-state index is -0.293. The van der Waals surface area contributed by atoms with Crippen LogP contribution in [0.5, 0.6) is 0 Å². The van der Waals surface area contributed by atoms with Gasteiger partial charge in [-0.1, -0.05) is 18.2 Å². The predicted octanol–water partition coefficient (Wildman–Crippen LogP) is 3.70. The fourth-order valence-electron chi connectivity index (χ4n) is 2.23. The molecule has 0 unspecified atom stereocenters. The number of aliphatic hydroxyl groups excluding tert-OH is 1. The number of ether oxygens (including phenoxy) is 1. The number of rotatable bonds is 7. The van der Waals surface area contributed by atoms with Crippen molar-refractivity contribution >= 4 is 23.1 Å². The maximum Gasteiger partial charge on any atom is 0.319 e. The van der Waals surface area contributed by atoms with E-state index in [0.717, 1.165) is 10.4 Å². The van der Waals surface area contributed by atoms with Crippen LogP contribution in [0, 0.1) is 0 Å². The summed E-state index contributed by atoms with van der Waals surface area (Å²) in [7, 11) is 1.65. The highest BCUT2D eigenvalue weighted by molar-refractivity contribution is 7.10. The Kier molecular flexibility index (Phi) is 6.58. The molecule has 0 saturated carbocycles. The van der Waals surface area contributed by atoms with Gasteiger partial charge in [0.15, 0.2) is 0 Å². The number of thiophene rings is 1. The summed E-state index contributed by atoms with van der Waals surface area (Å²) >= 11 is 1.56. The Bertz CT molecular complexity index is 616. The van der Waals surface area contributed by atoms with Crippen molar-refractivity contribution < 1.29 is 14.6 Å². The number of methoxy groups -OCH3 is 1. The molecule has 0 bridgehead atoms. The quantitative estimate of drug-likeness (QED) is 0.723. The molecule has 6 heteroatoms. The zero-order valence-corrected chi connectivity index (χ0v) is 14.1. The van der Waals surface area contributed by atoms with Gasteiger partial charge in [0.1, 0.15) is 0 Å². The van der Waals surface area contributed by atoms with E-state index in [2.05, 4.69) is 10.6 Å². The summed E-state index contributed by atoms with van der Waals surface area (Å²) in [4.78, 5) is 13.2. The van der Waals surface area contributed by atoms with E-state index in [9.17, 15) is 9.90 Å². The Hall–Kier alpha value is -1.89. The number of carbonyl (C=O) groups is 1. The first-order chi connectivity index (χ1) is 11.1. The van der Waals surface area contributed by atoms with E-state index in [1.807, 2.05) is 48.7 Å². The van der Waals surface area contributed by atoms with Gasteiger partial charge >= 0.3 is 6.03 Å². The predicted molar refractivity (Wildman–Crippen MR) is 92.8 cm³/mol. The molecule has 0 spiro atoms. The number of nitrogens with one attached hydrogen (secondary N) is 2. The average Bonchev–Trinajstić information content (AvgIpc) is 3.08. The van der Waals surface area contributed by atoms with Crippen molar-refractivity contribution in [1.29, 1.82) is 0 Å². The Labute approximate surface area is 140 Å². The van der Waals surface area contributed by atoms with Crippen LogP contribution < -0.4 is 10.6 Å². The molecule has 3 N–H and O–H groups in total. The molecular formula is C17H22N2O3S. The molecule has 2 aromatic rings. The minimum Gasteiger partial charge on any atom is -0.396 e. The Balaban J connectivity index is 2.01. The molecule has 0 aliphatic rings. The van der Waals surface area contributed by atoms with Crippen molar-refractivity contribution in [3.8, 4) is 0 Å². The van der Waals surface area contributed by atoms with Gasteiger partial charge in [-0.2, -0.15) is 0 Å². The molecule has 23 heavy (non-hydrogen) atoms. The van der Waals surface area contributed by atoms with Crippen molar-refractivity contribution in [2.24, 2.45) is 0 Å². The van der Waals surface area contributed by atoms with Crippen molar-refractivity contribution in [3.63, 3.8) is 0 Å². The summed E-state index contributed by atoms with van der Waals surface area (Å²) in [5.41, 5.74) is 1.70. The van der Waals surface area contributed by atoms with Crippen LogP contribution in [0.25, 0.3) is 0 Å². The maximum absolute atomic E-state index is 12.2. The van der Waals surface area contributed by atoms with Crippen molar-refractivity contribution in [2.45, 2.75) is 25.5 Å². The molecule has 2 atom stereocenters. The van der Waals surface area contributed by atoms with E-state index >= 15 is 0 Å². The molecule has 5 nitrogen and oxygen atoms in total. The van der Waals surface area contributed by atoms with Crippen LogP contribution in [0.15, 0.2) is 41.8 Å². The van der Waals surface area contributed by atoms with Gasteiger partial charge in [-0.05, 0) is 42.5 Å². The third-order valence-corrected chi connectivity index (χ3v) is 4.56. The van der Waals surface area contributed by atoms with Gasteiger partial charge in [0.05, 0.1) is 12.1 Å². The first-order valence-corrected chi connectivity index (χ1v) is 8.36. The standard InChI is InChI=1S/C17H22N2O3S/c1-12(22-2)13-5-3-6-14(11-13)18-17(21)19-15(8-9-20)16-7-4-10-23-16/h3-7,10-12,15,20H,8-9H2,1-2H3,(H2,18,19,21)/t12-,15-/m0/s1. The SMILES string of the molecule is CO[C@@H](C)c1cccc(NC(=O)N[C@@H](CCO)c2cccs2)c1. The Morgan fingerprint density at radius 3 is 2.83 bits per heavy atom. The second kappa shape index (κ2) is 8.67. The highest BCUT2D eigenvalue weighted by Crippen LogP contribution is 2.23. The topological polar surface area (TPSA) is 70.6 Å². The molecular weight excluding hydrogens is 312 g/mol. The summed E-state index contributed by atoms with van der Waals surface area (Å²) in [6, 6.07) is 11.0. The second-order valence-electron chi connectivity index (χ2n) is 5.18. The summed E-state index contributed by atoms with van der Waals surface area (Å²) in [5.74, 6) is 0. The van der Waals surface area contributed by atoms with Gasteiger partial charge in [0, 0.05) is 24.3 Å². The molecule has 1 heterocycles. The van der Waals surface area contributed by atoms with Crippen LogP contribution in [-0.2, 0) is 4.74 Å². The fraction of sp³-hybridized carbons (Fsp3) is 0.353.